The maximum absolute atomic E-state index is 10.9. The van der Waals surface area contributed by atoms with Crippen LogP contribution in [0.1, 0.15) is 19.8 Å². The van der Waals surface area contributed by atoms with Crippen LogP contribution in [0.2, 0.25) is 0 Å². The first-order valence-corrected chi connectivity index (χ1v) is 5.65. The third kappa shape index (κ3) is 11.1. The van der Waals surface area contributed by atoms with E-state index in [9.17, 15) is 9.46 Å². The van der Waals surface area contributed by atoms with Crippen LogP contribution in [-0.2, 0) is 13.7 Å². The molecule has 14 heavy (non-hydrogen) atoms. The maximum Gasteiger partial charge on any atom is 1.00 e. The molecule has 1 atom stereocenters. The first-order valence-electron chi connectivity index (χ1n) is 4.19. The van der Waals surface area contributed by atoms with Crippen LogP contribution < -0.4 is 45.7 Å². The van der Waals surface area contributed by atoms with Gasteiger partial charge >= 0.3 is 29.6 Å². The van der Waals surface area contributed by atoms with Crippen molar-refractivity contribution in [2.45, 2.75) is 19.8 Å². The normalized spacial score (nSPS) is 14.5. The summed E-state index contributed by atoms with van der Waals surface area (Å²) in [6, 6.07) is 0. The number of hydrogen-bond acceptors (Lipinski definition) is 6. The Bertz CT molecular complexity index is 158. The van der Waals surface area contributed by atoms with E-state index in [4.69, 9.17) is 5.73 Å². The van der Waals surface area contributed by atoms with Crippen LogP contribution in [0.3, 0.4) is 0 Å². The number of phosphoric ester groups is 1. The van der Waals surface area contributed by atoms with Crippen LogP contribution in [0.4, 0.5) is 0 Å². The number of nitrogens with one attached hydrogen (secondary N) is 1. The van der Waals surface area contributed by atoms with E-state index in [2.05, 4.69) is 14.6 Å². The van der Waals surface area contributed by atoms with Crippen LogP contribution in [0.25, 0.3) is 0 Å². The van der Waals surface area contributed by atoms with Crippen LogP contribution in [0.5, 0.6) is 0 Å². The molecule has 0 fully saturated rings. The van der Waals surface area contributed by atoms with E-state index in [1.807, 2.05) is 6.92 Å². The van der Waals surface area contributed by atoms with Gasteiger partial charge in [0.25, 0.3) is 7.82 Å². The van der Waals surface area contributed by atoms with Crippen molar-refractivity contribution in [2.75, 3.05) is 19.7 Å². The summed E-state index contributed by atoms with van der Waals surface area (Å²) in [6.45, 7) is 2.66. The van der Waals surface area contributed by atoms with E-state index in [-0.39, 0.29) is 42.7 Å². The van der Waals surface area contributed by atoms with E-state index in [0.29, 0.717) is 13.0 Å². The standard InChI is InChI=1S/C6H17N2O4P.Na/c1-2-3-6-11-13(9,10)12-8-5-4-7;/h8H,2-7H2,1H3,(H,9,10);/q;+1/p-1. The van der Waals surface area contributed by atoms with Gasteiger partial charge in [-0.15, -0.1) is 0 Å². The molecule has 0 saturated carbocycles. The van der Waals surface area contributed by atoms with Crippen molar-refractivity contribution in [3.05, 3.63) is 0 Å². The summed E-state index contributed by atoms with van der Waals surface area (Å²) in [6.07, 6.45) is 1.56. The summed E-state index contributed by atoms with van der Waals surface area (Å²) in [7, 11) is -4.17. The van der Waals surface area contributed by atoms with Crippen molar-refractivity contribution in [1.82, 2.24) is 5.48 Å². The van der Waals surface area contributed by atoms with Gasteiger partial charge in [0.05, 0.1) is 6.61 Å². The minimum atomic E-state index is -4.17. The smallest absolute Gasteiger partial charge is 0.755 e. The van der Waals surface area contributed by atoms with Gasteiger partial charge in [0.2, 0.25) is 0 Å². The van der Waals surface area contributed by atoms with Crippen molar-refractivity contribution < 1.29 is 48.2 Å². The quantitative estimate of drug-likeness (QED) is 0.198. The molecular weight excluding hydrogens is 218 g/mol. The SMILES string of the molecule is CCCCOP(=O)([O-])ONCCN.[Na+]. The van der Waals surface area contributed by atoms with E-state index in [0.717, 1.165) is 6.42 Å². The Morgan fingerprint density at radius 3 is 2.71 bits per heavy atom. The number of nitrogens with two attached hydrogens (primary N) is 1. The summed E-state index contributed by atoms with van der Waals surface area (Å²) < 4.78 is 19.6. The maximum atomic E-state index is 10.9. The fraction of sp³-hybridized carbons (Fsp3) is 1.00. The Balaban J connectivity index is 0. The van der Waals surface area contributed by atoms with Gasteiger partial charge in [-0.05, 0) is 6.42 Å². The Morgan fingerprint density at radius 2 is 2.21 bits per heavy atom. The van der Waals surface area contributed by atoms with Crippen molar-refractivity contribution in [3.63, 3.8) is 0 Å². The van der Waals surface area contributed by atoms with E-state index in [1.54, 1.807) is 0 Å². The molecular formula is C6H16N2NaO4P. The zero-order valence-electron chi connectivity index (χ0n) is 8.69. The zero-order chi connectivity index (χ0) is 10.2. The molecule has 0 aliphatic heterocycles. The van der Waals surface area contributed by atoms with Crippen molar-refractivity contribution in [3.8, 4) is 0 Å². The Hall–Kier alpha value is 1.03. The second kappa shape index (κ2) is 10.5. The molecule has 0 aliphatic rings. The summed E-state index contributed by atoms with van der Waals surface area (Å²) in [4.78, 5) is 10.9. The third-order valence-corrected chi connectivity index (χ3v) is 2.02. The fourth-order valence-electron chi connectivity index (χ4n) is 0.531. The number of phosphoric acid groups is 1. The second-order valence-corrected chi connectivity index (χ2v) is 3.74. The van der Waals surface area contributed by atoms with Gasteiger partial charge in [0.1, 0.15) is 0 Å². The molecule has 0 spiro atoms. The summed E-state index contributed by atoms with van der Waals surface area (Å²) in [5.74, 6) is 0. The van der Waals surface area contributed by atoms with Gasteiger partial charge in [0.15, 0.2) is 0 Å². The van der Waals surface area contributed by atoms with E-state index >= 15 is 0 Å². The Morgan fingerprint density at radius 1 is 1.57 bits per heavy atom. The van der Waals surface area contributed by atoms with E-state index < -0.39 is 7.82 Å². The monoisotopic (exact) mass is 234 g/mol. The first-order chi connectivity index (χ1) is 6.12. The molecule has 0 bridgehead atoms. The average Bonchev–Trinajstić information content (AvgIpc) is 2.05. The molecule has 0 amide bonds. The van der Waals surface area contributed by atoms with Crippen LogP contribution >= 0.6 is 7.82 Å². The Labute approximate surface area is 106 Å². The molecule has 0 aromatic carbocycles. The largest absolute Gasteiger partial charge is 1.00 e. The minimum Gasteiger partial charge on any atom is -0.755 e. The van der Waals surface area contributed by atoms with Crippen LogP contribution in [-0.4, -0.2) is 19.7 Å². The predicted molar refractivity (Wildman–Crippen MR) is 46.6 cm³/mol. The topological polar surface area (TPSA) is 96.6 Å². The molecule has 0 aromatic heterocycles. The fourth-order valence-corrected chi connectivity index (χ4v) is 1.19. The second-order valence-electron chi connectivity index (χ2n) is 2.41. The number of hydroxylamine groups is 1. The third-order valence-electron chi connectivity index (χ3n) is 1.17. The molecule has 0 heterocycles. The summed E-state index contributed by atoms with van der Waals surface area (Å²) in [5, 5.41) is 0. The van der Waals surface area contributed by atoms with Gasteiger partial charge in [-0.1, -0.05) is 13.3 Å². The van der Waals surface area contributed by atoms with Crippen LogP contribution in [0, 0.1) is 0 Å². The molecule has 0 saturated heterocycles. The summed E-state index contributed by atoms with van der Waals surface area (Å²) >= 11 is 0. The van der Waals surface area contributed by atoms with Gasteiger partial charge in [0, 0.05) is 13.1 Å². The predicted octanol–water partition coefficient (Wildman–Crippen LogP) is -3.24. The molecule has 3 N–H and O–H groups in total. The van der Waals surface area contributed by atoms with Gasteiger partial charge in [-0.2, -0.15) is 5.48 Å². The number of rotatable bonds is 8. The molecule has 6 nitrogen and oxygen atoms in total. The Kier molecular flexibility index (Phi) is 13.1. The number of hydrogen-bond donors (Lipinski definition) is 2. The molecule has 0 aliphatic carbocycles. The first kappa shape index (κ1) is 17.4. The molecule has 1 unspecified atom stereocenters. The summed E-state index contributed by atoms with van der Waals surface area (Å²) in [5.41, 5.74) is 7.28. The molecule has 0 rings (SSSR count). The molecule has 0 radical (unpaired) electrons. The van der Waals surface area contributed by atoms with Gasteiger partial charge < -0.3 is 15.2 Å². The van der Waals surface area contributed by atoms with Crippen molar-refractivity contribution in [2.24, 2.45) is 5.73 Å². The van der Waals surface area contributed by atoms with Crippen molar-refractivity contribution in [1.29, 1.82) is 0 Å². The van der Waals surface area contributed by atoms with Gasteiger partial charge in [-0.25, -0.2) is 4.62 Å². The molecule has 8 heteroatoms. The van der Waals surface area contributed by atoms with Crippen LogP contribution in [0.15, 0.2) is 0 Å². The molecule has 0 aromatic rings. The van der Waals surface area contributed by atoms with Crippen molar-refractivity contribution >= 4 is 7.82 Å². The van der Waals surface area contributed by atoms with E-state index in [1.165, 1.54) is 0 Å². The number of unbranched alkanes of at least 4 members (excludes halogenated alkanes) is 1. The zero-order valence-corrected chi connectivity index (χ0v) is 11.6. The average molecular weight is 234 g/mol. The molecule has 80 valence electrons. The van der Waals surface area contributed by atoms with Gasteiger partial charge in [-0.3, -0.25) is 4.57 Å². The minimum absolute atomic E-state index is 0.